The van der Waals surface area contributed by atoms with Crippen molar-refractivity contribution in [1.29, 1.82) is 0 Å². The number of aromatic nitrogens is 2. The van der Waals surface area contributed by atoms with E-state index < -0.39 is 0 Å². The second kappa shape index (κ2) is 6.86. The lowest BCUT2D eigenvalue weighted by atomic mass is 10.1. The quantitative estimate of drug-likeness (QED) is 0.877. The van der Waals surface area contributed by atoms with Gasteiger partial charge in [-0.2, -0.15) is 0 Å². The van der Waals surface area contributed by atoms with Gasteiger partial charge in [-0.15, -0.1) is 0 Å². The molecule has 5 heteroatoms. The first-order valence-corrected chi connectivity index (χ1v) is 6.52. The van der Waals surface area contributed by atoms with Crippen LogP contribution in [0.25, 0.3) is 11.3 Å². The summed E-state index contributed by atoms with van der Waals surface area (Å²) in [4.78, 5) is 8.93. The predicted molar refractivity (Wildman–Crippen MR) is 78.9 cm³/mol. The lowest BCUT2D eigenvalue weighted by Gasteiger charge is -2.11. The van der Waals surface area contributed by atoms with Gasteiger partial charge in [-0.25, -0.2) is 9.97 Å². The number of rotatable bonds is 6. The Morgan fingerprint density at radius 3 is 2.65 bits per heavy atom. The molecule has 0 radical (unpaired) electrons. The molecule has 0 aliphatic rings. The third-order valence-corrected chi connectivity index (χ3v) is 2.79. The normalized spacial score (nSPS) is 10.3. The van der Waals surface area contributed by atoms with E-state index in [4.69, 9.17) is 9.47 Å². The molecule has 0 aliphatic heterocycles. The standard InChI is InChI=1S/C15H19N3O2/c1-4-16-14-9-12(17-15(18-14)10-19-2)11-7-5-6-8-13(11)20-3/h5-9H,4,10H2,1-3H3,(H,16,17,18). The molecule has 0 saturated carbocycles. The molecule has 1 aromatic carbocycles. The molecule has 1 N–H and O–H groups in total. The van der Waals surface area contributed by atoms with Gasteiger partial charge in [-0.05, 0) is 19.1 Å². The molecule has 2 aromatic rings. The Bertz CT molecular complexity index is 549. The monoisotopic (exact) mass is 273 g/mol. The first-order chi connectivity index (χ1) is 9.78. The van der Waals surface area contributed by atoms with Crippen molar-refractivity contribution in [2.45, 2.75) is 13.5 Å². The number of anilines is 1. The van der Waals surface area contributed by atoms with E-state index in [1.54, 1.807) is 14.2 Å². The fourth-order valence-corrected chi connectivity index (χ4v) is 1.96. The Hall–Kier alpha value is -2.14. The van der Waals surface area contributed by atoms with E-state index in [0.29, 0.717) is 12.4 Å². The summed E-state index contributed by atoms with van der Waals surface area (Å²) >= 11 is 0. The minimum absolute atomic E-state index is 0.376. The van der Waals surface area contributed by atoms with Crippen LogP contribution in [0.2, 0.25) is 0 Å². The zero-order chi connectivity index (χ0) is 14.4. The van der Waals surface area contributed by atoms with Crippen molar-refractivity contribution in [1.82, 2.24) is 9.97 Å². The first kappa shape index (κ1) is 14.3. The van der Waals surface area contributed by atoms with Gasteiger partial charge in [0.15, 0.2) is 5.82 Å². The molecular formula is C15H19N3O2. The summed E-state index contributed by atoms with van der Waals surface area (Å²) < 4.78 is 10.5. The minimum atomic E-state index is 0.376. The maximum atomic E-state index is 5.39. The van der Waals surface area contributed by atoms with E-state index in [1.807, 2.05) is 37.3 Å². The van der Waals surface area contributed by atoms with Gasteiger partial charge in [0.05, 0.1) is 12.8 Å². The van der Waals surface area contributed by atoms with Crippen molar-refractivity contribution < 1.29 is 9.47 Å². The van der Waals surface area contributed by atoms with Gasteiger partial charge >= 0.3 is 0 Å². The van der Waals surface area contributed by atoms with Crippen LogP contribution < -0.4 is 10.1 Å². The van der Waals surface area contributed by atoms with Crippen LogP contribution in [0.5, 0.6) is 5.75 Å². The van der Waals surface area contributed by atoms with E-state index >= 15 is 0 Å². The number of hydrogen-bond acceptors (Lipinski definition) is 5. The molecule has 106 valence electrons. The second-order valence-electron chi connectivity index (χ2n) is 4.22. The largest absolute Gasteiger partial charge is 0.496 e. The second-order valence-corrected chi connectivity index (χ2v) is 4.22. The number of hydrogen-bond donors (Lipinski definition) is 1. The average molecular weight is 273 g/mol. The van der Waals surface area contributed by atoms with Crippen LogP contribution in [-0.2, 0) is 11.3 Å². The average Bonchev–Trinajstić information content (AvgIpc) is 2.47. The lowest BCUT2D eigenvalue weighted by Crippen LogP contribution is -2.05. The third-order valence-electron chi connectivity index (χ3n) is 2.79. The van der Waals surface area contributed by atoms with Crippen molar-refractivity contribution >= 4 is 5.82 Å². The molecule has 2 rings (SSSR count). The maximum absolute atomic E-state index is 5.39. The molecule has 0 unspecified atom stereocenters. The molecular weight excluding hydrogens is 254 g/mol. The Labute approximate surface area is 119 Å². The van der Waals surface area contributed by atoms with Gasteiger partial charge in [-0.3, -0.25) is 0 Å². The molecule has 0 aliphatic carbocycles. The van der Waals surface area contributed by atoms with Gasteiger partial charge in [0.2, 0.25) is 0 Å². The molecule has 5 nitrogen and oxygen atoms in total. The minimum Gasteiger partial charge on any atom is -0.496 e. The molecule has 0 saturated heterocycles. The molecule has 0 bridgehead atoms. The number of nitrogens with one attached hydrogen (secondary N) is 1. The van der Waals surface area contributed by atoms with Crippen LogP contribution in [0.1, 0.15) is 12.7 Å². The molecule has 1 heterocycles. The SMILES string of the molecule is CCNc1cc(-c2ccccc2OC)nc(COC)n1. The molecule has 20 heavy (non-hydrogen) atoms. The molecule has 0 spiro atoms. The Morgan fingerprint density at radius 2 is 1.95 bits per heavy atom. The molecule has 0 amide bonds. The highest BCUT2D eigenvalue weighted by Crippen LogP contribution is 2.29. The Morgan fingerprint density at radius 1 is 1.15 bits per heavy atom. The third kappa shape index (κ3) is 3.24. The number of para-hydroxylation sites is 1. The van der Waals surface area contributed by atoms with Gasteiger partial charge in [-0.1, -0.05) is 12.1 Å². The molecule has 1 aromatic heterocycles. The zero-order valence-electron chi connectivity index (χ0n) is 12.0. The maximum Gasteiger partial charge on any atom is 0.157 e. The van der Waals surface area contributed by atoms with E-state index in [9.17, 15) is 0 Å². The summed E-state index contributed by atoms with van der Waals surface area (Å²) in [7, 11) is 3.29. The van der Waals surface area contributed by atoms with E-state index in [1.165, 1.54) is 0 Å². The van der Waals surface area contributed by atoms with Crippen LogP contribution >= 0.6 is 0 Å². The summed E-state index contributed by atoms with van der Waals surface area (Å²) in [6.07, 6.45) is 0. The van der Waals surface area contributed by atoms with Crippen molar-refractivity contribution in [3.05, 3.63) is 36.2 Å². The number of benzene rings is 1. The highest BCUT2D eigenvalue weighted by Gasteiger charge is 2.10. The highest BCUT2D eigenvalue weighted by atomic mass is 16.5. The van der Waals surface area contributed by atoms with Gasteiger partial charge < -0.3 is 14.8 Å². The Kier molecular flexibility index (Phi) is 4.90. The topological polar surface area (TPSA) is 56.3 Å². The van der Waals surface area contributed by atoms with E-state index in [-0.39, 0.29) is 0 Å². The van der Waals surface area contributed by atoms with E-state index in [2.05, 4.69) is 15.3 Å². The summed E-state index contributed by atoms with van der Waals surface area (Å²) in [5, 5.41) is 3.21. The predicted octanol–water partition coefficient (Wildman–Crippen LogP) is 2.73. The highest BCUT2D eigenvalue weighted by molar-refractivity contribution is 5.69. The van der Waals surface area contributed by atoms with Gasteiger partial charge in [0, 0.05) is 25.3 Å². The van der Waals surface area contributed by atoms with Gasteiger partial charge in [0.25, 0.3) is 0 Å². The van der Waals surface area contributed by atoms with E-state index in [0.717, 1.165) is 29.4 Å². The van der Waals surface area contributed by atoms with Crippen LogP contribution in [0, 0.1) is 0 Å². The van der Waals surface area contributed by atoms with Gasteiger partial charge in [0.1, 0.15) is 18.2 Å². The molecule has 0 atom stereocenters. The van der Waals surface area contributed by atoms with Crippen LogP contribution in [-0.4, -0.2) is 30.7 Å². The zero-order valence-corrected chi connectivity index (χ0v) is 12.0. The smallest absolute Gasteiger partial charge is 0.157 e. The number of nitrogens with zero attached hydrogens (tertiary/aromatic N) is 2. The lowest BCUT2D eigenvalue weighted by molar-refractivity contribution is 0.178. The summed E-state index contributed by atoms with van der Waals surface area (Å²) in [6, 6.07) is 9.71. The molecule has 0 fully saturated rings. The summed E-state index contributed by atoms with van der Waals surface area (Å²) in [6.45, 7) is 3.21. The van der Waals surface area contributed by atoms with Crippen molar-refractivity contribution in [2.24, 2.45) is 0 Å². The van der Waals surface area contributed by atoms with Crippen molar-refractivity contribution in [2.75, 3.05) is 26.1 Å². The van der Waals surface area contributed by atoms with Crippen LogP contribution in [0.15, 0.2) is 30.3 Å². The fourth-order valence-electron chi connectivity index (χ4n) is 1.96. The van der Waals surface area contributed by atoms with Crippen LogP contribution in [0.4, 0.5) is 5.82 Å². The number of ether oxygens (including phenoxy) is 2. The Balaban J connectivity index is 2.48. The number of methoxy groups -OCH3 is 2. The summed E-state index contributed by atoms with van der Waals surface area (Å²) in [5.74, 6) is 2.22. The van der Waals surface area contributed by atoms with Crippen molar-refractivity contribution in [3.63, 3.8) is 0 Å². The first-order valence-electron chi connectivity index (χ1n) is 6.52. The fraction of sp³-hybridized carbons (Fsp3) is 0.333. The van der Waals surface area contributed by atoms with Crippen LogP contribution in [0.3, 0.4) is 0 Å². The van der Waals surface area contributed by atoms with Crippen molar-refractivity contribution in [3.8, 4) is 17.0 Å². The summed E-state index contributed by atoms with van der Waals surface area (Å²) in [5.41, 5.74) is 1.76.